The highest BCUT2D eigenvalue weighted by Crippen LogP contribution is 2.24. The maximum Gasteiger partial charge on any atom is 0.0854 e. The minimum atomic E-state index is -0.313. The van der Waals surface area contributed by atoms with E-state index in [1.165, 1.54) is 30.8 Å². The topological polar surface area (TPSA) is 23.5 Å². The molecular formula is C11H17NOS. The Labute approximate surface area is 89.2 Å². The third-order valence-corrected chi connectivity index (χ3v) is 3.91. The molecule has 1 saturated heterocycles. The van der Waals surface area contributed by atoms with Crippen molar-refractivity contribution in [2.75, 3.05) is 13.1 Å². The lowest BCUT2D eigenvalue weighted by Gasteiger charge is -2.12. The molecule has 1 atom stereocenters. The molecule has 3 heteroatoms. The van der Waals surface area contributed by atoms with Gasteiger partial charge in [0.25, 0.3) is 0 Å². The summed E-state index contributed by atoms with van der Waals surface area (Å²) in [6.45, 7) is 5.37. The summed E-state index contributed by atoms with van der Waals surface area (Å²) in [6.07, 6.45) is 2.37. The molecule has 1 unspecified atom stereocenters. The average Bonchev–Trinajstić information content (AvgIpc) is 2.75. The molecule has 0 saturated carbocycles. The molecule has 78 valence electrons. The molecule has 0 aliphatic carbocycles. The molecule has 2 rings (SSSR count). The number of aliphatic hydroxyl groups is 1. The minimum absolute atomic E-state index is 0.313. The van der Waals surface area contributed by atoms with Crippen LogP contribution in [0.4, 0.5) is 0 Å². The molecule has 0 spiro atoms. The highest BCUT2D eigenvalue weighted by atomic mass is 32.1. The maximum absolute atomic E-state index is 9.39. The third-order valence-electron chi connectivity index (χ3n) is 2.67. The second-order valence-corrected chi connectivity index (χ2v) is 5.16. The molecule has 14 heavy (non-hydrogen) atoms. The van der Waals surface area contributed by atoms with Crippen molar-refractivity contribution in [1.29, 1.82) is 0 Å². The molecule has 1 aromatic heterocycles. The number of hydrogen-bond acceptors (Lipinski definition) is 3. The molecule has 0 radical (unpaired) electrons. The van der Waals surface area contributed by atoms with Crippen LogP contribution in [0.3, 0.4) is 0 Å². The average molecular weight is 211 g/mol. The lowest BCUT2D eigenvalue weighted by Crippen LogP contribution is -2.17. The van der Waals surface area contributed by atoms with E-state index in [9.17, 15) is 5.11 Å². The lowest BCUT2D eigenvalue weighted by atomic mass is 10.3. The third kappa shape index (κ3) is 2.35. The van der Waals surface area contributed by atoms with Crippen molar-refractivity contribution in [3.63, 3.8) is 0 Å². The number of hydrogen-bond donors (Lipinski definition) is 1. The van der Waals surface area contributed by atoms with E-state index in [0.717, 1.165) is 11.4 Å². The van der Waals surface area contributed by atoms with Crippen molar-refractivity contribution in [3.8, 4) is 0 Å². The molecule has 1 N–H and O–H groups in total. The Morgan fingerprint density at radius 3 is 2.71 bits per heavy atom. The van der Waals surface area contributed by atoms with Gasteiger partial charge in [-0.05, 0) is 45.0 Å². The summed E-state index contributed by atoms with van der Waals surface area (Å²) >= 11 is 1.74. The maximum atomic E-state index is 9.39. The van der Waals surface area contributed by atoms with Crippen LogP contribution in [0.5, 0.6) is 0 Å². The van der Waals surface area contributed by atoms with Crippen molar-refractivity contribution in [3.05, 3.63) is 21.9 Å². The highest BCUT2D eigenvalue weighted by Gasteiger charge is 2.13. The molecule has 1 fully saturated rings. The Morgan fingerprint density at radius 1 is 1.43 bits per heavy atom. The zero-order valence-electron chi connectivity index (χ0n) is 8.57. The highest BCUT2D eigenvalue weighted by molar-refractivity contribution is 7.12. The van der Waals surface area contributed by atoms with Gasteiger partial charge in [-0.15, -0.1) is 11.3 Å². The van der Waals surface area contributed by atoms with Crippen LogP contribution in [0.15, 0.2) is 12.1 Å². The van der Waals surface area contributed by atoms with Gasteiger partial charge in [-0.2, -0.15) is 0 Å². The second kappa shape index (κ2) is 4.43. The summed E-state index contributed by atoms with van der Waals surface area (Å²) in [5.74, 6) is 0. The number of thiophene rings is 1. The minimum Gasteiger partial charge on any atom is -0.388 e. The summed E-state index contributed by atoms with van der Waals surface area (Å²) in [6, 6.07) is 4.19. The summed E-state index contributed by atoms with van der Waals surface area (Å²) in [5, 5.41) is 9.39. The van der Waals surface area contributed by atoms with Crippen LogP contribution in [0.1, 0.15) is 35.6 Å². The monoisotopic (exact) mass is 211 g/mol. The van der Waals surface area contributed by atoms with E-state index in [2.05, 4.69) is 11.0 Å². The molecule has 0 bridgehead atoms. The van der Waals surface area contributed by atoms with E-state index in [4.69, 9.17) is 0 Å². The second-order valence-electron chi connectivity index (χ2n) is 3.96. The zero-order valence-corrected chi connectivity index (χ0v) is 9.39. The molecule has 2 heterocycles. The van der Waals surface area contributed by atoms with Crippen molar-refractivity contribution >= 4 is 11.3 Å². The molecule has 1 aliphatic heterocycles. The standard InChI is InChI=1S/C11H17NOS/c1-9(13)11-5-4-10(14-11)8-12-6-2-3-7-12/h4-5,9,13H,2-3,6-8H2,1H3. The van der Waals surface area contributed by atoms with Gasteiger partial charge >= 0.3 is 0 Å². The smallest absolute Gasteiger partial charge is 0.0854 e. The predicted molar refractivity (Wildman–Crippen MR) is 59.5 cm³/mol. The molecular weight excluding hydrogens is 194 g/mol. The van der Waals surface area contributed by atoms with Crippen LogP contribution >= 0.6 is 11.3 Å². The quantitative estimate of drug-likeness (QED) is 0.830. The summed E-state index contributed by atoms with van der Waals surface area (Å²) in [4.78, 5) is 4.94. The molecule has 1 aromatic rings. The fraction of sp³-hybridized carbons (Fsp3) is 0.636. The first-order valence-electron chi connectivity index (χ1n) is 5.25. The van der Waals surface area contributed by atoms with Crippen LogP contribution in [0.2, 0.25) is 0 Å². The Hall–Kier alpha value is -0.380. The van der Waals surface area contributed by atoms with Crippen LogP contribution in [0, 0.1) is 0 Å². The van der Waals surface area contributed by atoms with Crippen molar-refractivity contribution < 1.29 is 5.11 Å². The van der Waals surface area contributed by atoms with Gasteiger partial charge in [-0.3, -0.25) is 4.90 Å². The largest absolute Gasteiger partial charge is 0.388 e. The van der Waals surface area contributed by atoms with E-state index in [0.29, 0.717) is 0 Å². The molecule has 2 nitrogen and oxygen atoms in total. The number of nitrogens with zero attached hydrogens (tertiary/aromatic N) is 1. The lowest BCUT2D eigenvalue weighted by molar-refractivity contribution is 0.203. The number of likely N-dealkylation sites (tertiary alicyclic amines) is 1. The van der Waals surface area contributed by atoms with Crippen molar-refractivity contribution in [1.82, 2.24) is 4.90 Å². The van der Waals surface area contributed by atoms with Gasteiger partial charge in [0, 0.05) is 16.3 Å². The Morgan fingerprint density at radius 2 is 2.14 bits per heavy atom. The fourth-order valence-corrected chi connectivity index (χ4v) is 2.86. The number of rotatable bonds is 3. The fourth-order valence-electron chi connectivity index (χ4n) is 1.87. The predicted octanol–water partition coefficient (Wildman–Crippen LogP) is 2.40. The SMILES string of the molecule is CC(O)c1ccc(CN2CCCC2)s1. The van der Waals surface area contributed by atoms with E-state index in [1.54, 1.807) is 11.3 Å². The van der Waals surface area contributed by atoms with E-state index < -0.39 is 0 Å². The van der Waals surface area contributed by atoms with Gasteiger partial charge < -0.3 is 5.11 Å². The van der Waals surface area contributed by atoms with Crippen LogP contribution in [0.25, 0.3) is 0 Å². The first-order valence-corrected chi connectivity index (χ1v) is 6.06. The normalized spacial score (nSPS) is 20.1. The summed E-state index contributed by atoms with van der Waals surface area (Å²) in [7, 11) is 0. The first kappa shape index (κ1) is 10.1. The summed E-state index contributed by atoms with van der Waals surface area (Å²) in [5.41, 5.74) is 0. The van der Waals surface area contributed by atoms with Crippen LogP contribution in [-0.4, -0.2) is 23.1 Å². The van der Waals surface area contributed by atoms with Crippen LogP contribution in [-0.2, 0) is 6.54 Å². The van der Waals surface area contributed by atoms with E-state index >= 15 is 0 Å². The van der Waals surface area contributed by atoms with Gasteiger partial charge in [0.1, 0.15) is 0 Å². The Balaban J connectivity index is 1.95. The Bertz CT molecular complexity index is 289. The first-order chi connectivity index (χ1) is 6.75. The van der Waals surface area contributed by atoms with Gasteiger partial charge in [-0.1, -0.05) is 0 Å². The van der Waals surface area contributed by atoms with Crippen LogP contribution < -0.4 is 0 Å². The van der Waals surface area contributed by atoms with Gasteiger partial charge in [0.2, 0.25) is 0 Å². The molecule has 1 aliphatic rings. The Kier molecular flexibility index (Phi) is 3.21. The van der Waals surface area contributed by atoms with E-state index in [-0.39, 0.29) is 6.10 Å². The zero-order chi connectivity index (χ0) is 9.97. The summed E-state index contributed by atoms with van der Waals surface area (Å²) < 4.78 is 0. The van der Waals surface area contributed by atoms with Gasteiger partial charge in [-0.25, -0.2) is 0 Å². The molecule has 0 aromatic carbocycles. The number of aliphatic hydroxyl groups excluding tert-OH is 1. The van der Waals surface area contributed by atoms with Gasteiger partial charge in [0.05, 0.1) is 6.10 Å². The van der Waals surface area contributed by atoms with Gasteiger partial charge in [0.15, 0.2) is 0 Å². The van der Waals surface area contributed by atoms with Crippen molar-refractivity contribution in [2.45, 2.75) is 32.4 Å². The van der Waals surface area contributed by atoms with Crippen molar-refractivity contribution in [2.24, 2.45) is 0 Å². The van der Waals surface area contributed by atoms with E-state index in [1.807, 2.05) is 13.0 Å². The molecule has 0 amide bonds.